The number of aliphatic hydroxyl groups is 1. The van der Waals surface area contributed by atoms with E-state index in [1.807, 2.05) is 37.0 Å². The zero-order valence-electron chi connectivity index (χ0n) is 20.5. The van der Waals surface area contributed by atoms with Gasteiger partial charge in [0.05, 0.1) is 6.10 Å². The van der Waals surface area contributed by atoms with E-state index < -0.39 is 6.10 Å². The molecule has 33 heavy (non-hydrogen) atoms. The molecule has 0 radical (unpaired) electrons. The Labute approximate surface area is 203 Å². The first-order chi connectivity index (χ1) is 15.6. The molecule has 3 saturated carbocycles. The average molecular weight is 469 g/mol. The molecule has 0 unspecified atom stereocenters. The molecule has 1 N–H and O–H groups in total. The van der Waals surface area contributed by atoms with Gasteiger partial charge in [-0.05, 0) is 79.2 Å². The summed E-state index contributed by atoms with van der Waals surface area (Å²) in [7, 11) is 5.99. The van der Waals surface area contributed by atoms with Crippen molar-refractivity contribution in [3.05, 3.63) is 46.5 Å². The molecule has 3 fully saturated rings. The summed E-state index contributed by atoms with van der Waals surface area (Å²) in [6.07, 6.45) is 11.0. The van der Waals surface area contributed by atoms with Crippen molar-refractivity contribution in [1.82, 2.24) is 4.90 Å². The Kier molecular flexibility index (Phi) is 5.49. The molecule has 4 aliphatic rings. The molecule has 5 rings (SSSR count). The lowest BCUT2D eigenvalue weighted by Crippen LogP contribution is -2.59. The van der Waals surface area contributed by atoms with Crippen LogP contribution in [-0.2, 0) is 4.79 Å². The van der Waals surface area contributed by atoms with Crippen LogP contribution in [0.4, 0.5) is 5.69 Å². The highest BCUT2D eigenvalue weighted by Gasteiger charge is 2.61. The molecule has 0 aromatic heterocycles. The Morgan fingerprint density at radius 1 is 1.18 bits per heavy atom. The van der Waals surface area contributed by atoms with Crippen LogP contribution in [0, 0.1) is 28.6 Å². The van der Waals surface area contributed by atoms with E-state index in [0.29, 0.717) is 17.8 Å². The Balaban J connectivity index is 1.46. The largest absolute Gasteiger partial charge is 0.388 e. The Hall–Kier alpha value is -1.78. The summed E-state index contributed by atoms with van der Waals surface area (Å²) in [6.45, 7) is 4.67. The first-order valence-electron chi connectivity index (χ1n) is 12.4. The topological polar surface area (TPSA) is 43.8 Å². The lowest BCUT2D eigenvalue weighted by molar-refractivity contribution is -0.140. The summed E-state index contributed by atoms with van der Waals surface area (Å²) < 4.78 is 0. The first kappa shape index (κ1) is 23.0. The minimum Gasteiger partial charge on any atom is -0.388 e. The fourth-order valence-electron chi connectivity index (χ4n) is 7.85. The monoisotopic (exact) mass is 468 g/mol. The molecular formula is C28H37ClN2O2. The van der Waals surface area contributed by atoms with Gasteiger partial charge in [-0.1, -0.05) is 43.7 Å². The summed E-state index contributed by atoms with van der Waals surface area (Å²) in [5, 5.41) is 12.2. The number of fused-ring (bicyclic) bond motifs is 5. The van der Waals surface area contributed by atoms with Gasteiger partial charge in [0, 0.05) is 48.7 Å². The van der Waals surface area contributed by atoms with Crippen molar-refractivity contribution in [2.45, 2.75) is 58.1 Å². The van der Waals surface area contributed by atoms with Gasteiger partial charge in [0.1, 0.15) is 0 Å². The highest BCUT2D eigenvalue weighted by atomic mass is 35.5. The fourth-order valence-corrected chi connectivity index (χ4v) is 8.08. The fraction of sp³-hybridized carbons (Fsp3) is 0.607. The van der Waals surface area contributed by atoms with Crippen LogP contribution in [0.25, 0.3) is 6.08 Å². The van der Waals surface area contributed by atoms with Gasteiger partial charge in [-0.15, -0.1) is 0 Å². The van der Waals surface area contributed by atoms with Crippen LogP contribution in [0.15, 0.2) is 35.9 Å². The van der Waals surface area contributed by atoms with Crippen LogP contribution in [0.3, 0.4) is 0 Å². The van der Waals surface area contributed by atoms with Gasteiger partial charge in [-0.3, -0.25) is 4.79 Å². The zero-order valence-corrected chi connectivity index (χ0v) is 21.3. The minimum atomic E-state index is -0.426. The molecule has 1 amide bonds. The van der Waals surface area contributed by atoms with Gasteiger partial charge in [-0.25, -0.2) is 0 Å². The summed E-state index contributed by atoms with van der Waals surface area (Å²) in [6, 6.07) is 6.43. The molecule has 5 heteroatoms. The molecule has 178 valence electrons. The number of likely N-dealkylation sites (N-methyl/N-ethyl adjacent to an activating group) is 1. The number of carbonyl (C=O) groups is 1. The van der Waals surface area contributed by atoms with E-state index in [1.54, 1.807) is 6.08 Å². The third kappa shape index (κ3) is 3.39. The molecule has 0 spiro atoms. The first-order valence-corrected chi connectivity index (χ1v) is 12.8. The number of carbonyl (C=O) groups excluding carboxylic acids is 1. The van der Waals surface area contributed by atoms with Crippen LogP contribution in [0.1, 0.15) is 51.5 Å². The van der Waals surface area contributed by atoms with Gasteiger partial charge in [0.2, 0.25) is 5.91 Å². The van der Waals surface area contributed by atoms with Crippen molar-refractivity contribution in [1.29, 1.82) is 0 Å². The summed E-state index contributed by atoms with van der Waals surface area (Å²) >= 11 is 6.63. The quantitative estimate of drug-likeness (QED) is 0.632. The van der Waals surface area contributed by atoms with Crippen molar-refractivity contribution in [3.8, 4) is 0 Å². The normalized spacial score (nSPS) is 41.1. The smallest absolute Gasteiger partial charge is 0.246 e. The number of benzene rings is 1. The van der Waals surface area contributed by atoms with Gasteiger partial charge < -0.3 is 14.9 Å². The molecule has 1 aliphatic heterocycles. The Morgan fingerprint density at radius 2 is 1.94 bits per heavy atom. The van der Waals surface area contributed by atoms with E-state index in [4.69, 9.17) is 11.6 Å². The van der Waals surface area contributed by atoms with E-state index in [0.717, 1.165) is 54.0 Å². The molecule has 0 saturated heterocycles. The van der Waals surface area contributed by atoms with Crippen molar-refractivity contribution in [2.75, 3.05) is 26.0 Å². The highest BCUT2D eigenvalue weighted by Crippen LogP contribution is 2.65. The third-order valence-corrected chi connectivity index (χ3v) is 10.2. The third-order valence-electron chi connectivity index (χ3n) is 9.84. The van der Waals surface area contributed by atoms with Crippen LogP contribution in [0.2, 0.25) is 5.02 Å². The van der Waals surface area contributed by atoms with Crippen molar-refractivity contribution in [2.24, 2.45) is 28.6 Å². The summed E-state index contributed by atoms with van der Waals surface area (Å²) in [4.78, 5) is 16.3. The van der Waals surface area contributed by atoms with Crippen molar-refractivity contribution in [3.63, 3.8) is 0 Å². The molecule has 3 aliphatic carbocycles. The van der Waals surface area contributed by atoms with E-state index >= 15 is 0 Å². The van der Waals surface area contributed by atoms with Gasteiger partial charge in [-0.2, -0.15) is 0 Å². The predicted octanol–water partition coefficient (Wildman–Crippen LogP) is 5.40. The average Bonchev–Trinajstić information content (AvgIpc) is 3.03. The zero-order chi connectivity index (χ0) is 23.7. The molecule has 1 aromatic carbocycles. The number of amides is 1. The lowest BCUT2D eigenvalue weighted by atomic mass is 9.48. The predicted molar refractivity (Wildman–Crippen MR) is 135 cm³/mol. The number of hydrogen-bond acceptors (Lipinski definition) is 3. The number of nitrogens with zero attached hydrogens (tertiary/aromatic N) is 2. The molecular weight excluding hydrogens is 432 g/mol. The second-order valence-electron chi connectivity index (χ2n) is 11.6. The van der Waals surface area contributed by atoms with E-state index in [-0.39, 0.29) is 22.8 Å². The number of hydrogen-bond donors (Lipinski definition) is 1. The number of anilines is 1. The Bertz CT molecular complexity index is 1030. The lowest BCUT2D eigenvalue weighted by Gasteiger charge is -2.59. The number of aliphatic hydroxyl groups excluding tert-OH is 1. The Morgan fingerprint density at radius 3 is 2.64 bits per heavy atom. The van der Waals surface area contributed by atoms with E-state index in [1.165, 1.54) is 0 Å². The maximum atomic E-state index is 12.3. The summed E-state index contributed by atoms with van der Waals surface area (Å²) in [5.74, 6) is 1.72. The van der Waals surface area contributed by atoms with Crippen molar-refractivity contribution < 1.29 is 9.90 Å². The molecule has 7 atom stereocenters. The maximum Gasteiger partial charge on any atom is 0.246 e. The van der Waals surface area contributed by atoms with Crippen LogP contribution in [0.5, 0.6) is 0 Å². The van der Waals surface area contributed by atoms with Crippen LogP contribution in [-0.4, -0.2) is 49.2 Å². The van der Waals surface area contributed by atoms with Gasteiger partial charge >= 0.3 is 0 Å². The van der Waals surface area contributed by atoms with Crippen molar-refractivity contribution >= 4 is 29.3 Å². The van der Waals surface area contributed by atoms with Gasteiger partial charge in [0.25, 0.3) is 0 Å². The van der Waals surface area contributed by atoms with E-state index in [2.05, 4.69) is 38.1 Å². The number of rotatable bonds is 2. The second-order valence-corrected chi connectivity index (χ2v) is 12.0. The van der Waals surface area contributed by atoms with Crippen LogP contribution >= 0.6 is 11.6 Å². The molecule has 1 aromatic rings. The van der Waals surface area contributed by atoms with E-state index in [9.17, 15) is 9.90 Å². The van der Waals surface area contributed by atoms with Gasteiger partial charge in [0.15, 0.2) is 0 Å². The molecule has 0 bridgehead atoms. The van der Waals surface area contributed by atoms with Crippen LogP contribution < -0.4 is 4.90 Å². The maximum absolute atomic E-state index is 12.3. The standard InChI is InChI=1S/C28H37ClN2O2/c1-27-13-11-25(32)31(5)24(27)9-8-20-21(27)10-12-28(2)22(20)15-18(26(28)33)14-17-6-7-19(30(3)4)16-23(17)29/h6-7,11,13-14,16,20-22,24,26,33H,8-10,12,15H2,1-5H3/t20-,21+,22+,24-,26+,27-,28+/m1/s1. The number of halogens is 1. The second kappa shape index (κ2) is 7.88. The molecule has 4 nitrogen and oxygen atoms in total. The SMILES string of the molecule is CN(C)c1ccc(C=C2C[C@H]3[C@@H]4CC[C@H]5N(C)C(=O)C=C[C@]5(C)[C@H]4CC[C@]3(C)[C@H]2O)c(Cl)c1. The highest BCUT2D eigenvalue weighted by molar-refractivity contribution is 6.32. The minimum absolute atomic E-state index is 0.0235. The molecule has 1 heterocycles. The summed E-state index contributed by atoms with van der Waals surface area (Å²) in [5.41, 5.74) is 3.12.